The van der Waals surface area contributed by atoms with Crippen molar-refractivity contribution >= 4 is 23.6 Å². The largest absolute Gasteiger partial charge is 0.444 e. The number of carbonyl (C=O) groups is 2. The summed E-state index contributed by atoms with van der Waals surface area (Å²) in [4.78, 5) is 26.4. The Balaban J connectivity index is 2.00. The van der Waals surface area contributed by atoms with Gasteiger partial charge in [0.1, 0.15) is 11.6 Å². The Morgan fingerprint density at radius 2 is 1.92 bits per heavy atom. The Labute approximate surface area is 148 Å². The zero-order valence-electron chi connectivity index (χ0n) is 14.6. The minimum atomic E-state index is -0.572. The SMILES string of the molecule is CC(NC(=O)C1CCCN1C(=O)OC(C)(C)C)c1ccc(Cl)cc1. The second-order valence-electron chi connectivity index (χ2n) is 7.11. The van der Waals surface area contributed by atoms with Gasteiger partial charge in [0, 0.05) is 11.6 Å². The van der Waals surface area contributed by atoms with Gasteiger partial charge in [-0.1, -0.05) is 23.7 Å². The summed E-state index contributed by atoms with van der Waals surface area (Å²) in [6.45, 7) is 7.91. The van der Waals surface area contributed by atoms with Crippen LogP contribution < -0.4 is 5.32 Å². The first-order chi connectivity index (χ1) is 11.2. The van der Waals surface area contributed by atoms with E-state index in [0.717, 1.165) is 12.0 Å². The first kappa shape index (κ1) is 18.6. The van der Waals surface area contributed by atoms with Gasteiger partial charge in [0.25, 0.3) is 0 Å². The Bertz CT molecular complexity index is 595. The van der Waals surface area contributed by atoms with E-state index in [2.05, 4.69) is 5.32 Å². The number of halogens is 1. The molecule has 2 unspecified atom stereocenters. The van der Waals surface area contributed by atoms with Gasteiger partial charge in [-0.3, -0.25) is 9.69 Å². The van der Waals surface area contributed by atoms with Crippen LogP contribution in [-0.2, 0) is 9.53 Å². The third-order valence-electron chi connectivity index (χ3n) is 3.91. The van der Waals surface area contributed by atoms with Crippen LogP contribution in [0.1, 0.15) is 52.1 Å². The monoisotopic (exact) mass is 352 g/mol. The maximum Gasteiger partial charge on any atom is 0.410 e. The third-order valence-corrected chi connectivity index (χ3v) is 4.16. The van der Waals surface area contributed by atoms with Gasteiger partial charge in [-0.2, -0.15) is 0 Å². The van der Waals surface area contributed by atoms with Gasteiger partial charge in [0.2, 0.25) is 5.91 Å². The number of nitrogens with one attached hydrogen (secondary N) is 1. The van der Waals surface area contributed by atoms with E-state index >= 15 is 0 Å². The molecule has 5 nitrogen and oxygen atoms in total. The quantitative estimate of drug-likeness (QED) is 0.897. The number of hydrogen-bond donors (Lipinski definition) is 1. The fourth-order valence-corrected chi connectivity index (χ4v) is 2.85. The van der Waals surface area contributed by atoms with E-state index in [4.69, 9.17) is 16.3 Å². The molecule has 0 saturated carbocycles. The van der Waals surface area contributed by atoms with E-state index < -0.39 is 17.7 Å². The Hall–Kier alpha value is -1.75. The van der Waals surface area contributed by atoms with Crippen LogP contribution in [0.15, 0.2) is 24.3 Å². The van der Waals surface area contributed by atoms with Crippen molar-refractivity contribution in [3.05, 3.63) is 34.9 Å². The molecule has 2 rings (SSSR count). The summed E-state index contributed by atoms with van der Waals surface area (Å²) in [5.41, 5.74) is 0.395. The van der Waals surface area contributed by atoms with Crippen LogP contribution in [0, 0.1) is 0 Å². The predicted octanol–water partition coefficient (Wildman–Crippen LogP) is 3.92. The highest BCUT2D eigenvalue weighted by molar-refractivity contribution is 6.30. The van der Waals surface area contributed by atoms with Crippen LogP contribution in [0.5, 0.6) is 0 Å². The first-order valence-electron chi connectivity index (χ1n) is 8.23. The molecule has 2 amide bonds. The Kier molecular flexibility index (Phi) is 5.75. The minimum absolute atomic E-state index is 0.152. The lowest BCUT2D eigenvalue weighted by atomic mass is 10.1. The van der Waals surface area contributed by atoms with Crippen molar-refractivity contribution in [1.29, 1.82) is 0 Å². The van der Waals surface area contributed by atoms with Crippen LogP contribution in [0.25, 0.3) is 0 Å². The highest BCUT2D eigenvalue weighted by Crippen LogP contribution is 2.22. The van der Waals surface area contributed by atoms with Crippen LogP contribution >= 0.6 is 11.6 Å². The number of amides is 2. The van der Waals surface area contributed by atoms with E-state index in [9.17, 15) is 9.59 Å². The van der Waals surface area contributed by atoms with Crippen LogP contribution in [0.4, 0.5) is 4.79 Å². The molecule has 1 aliphatic rings. The molecule has 1 aliphatic heterocycles. The Morgan fingerprint density at radius 3 is 2.50 bits per heavy atom. The lowest BCUT2D eigenvalue weighted by molar-refractivity contribution is -0.126. The predicted molar refractivity (Wildman–Crippen MR) is 94.0 cm³/mol. The summed E-state index contributed by atoms with van der Waals surface area (Å²) < 4.78 is 5.40. The highest BCUT2D eigenvalue weighted by atomic mass is 35.5. The summed E-state index contributed by atoms with van der Waals surface area (Å²) in [6.07, 6.45) is 1.02. The molecule has 0 spiro atoms. The van der Waals surface area contributed by atoms with Gasteiger partial charge in [0.15, 0.2) is 0 Å². The Morgan fingerprint density at radius 1 is 1.29 bits per heavy atom. The number of ether oxygens (including phenoxy) is 1. The summed E-state index contributed by atoms with van der Waals surface area (Å²) in [7, 11) is 0. The molecule has 1 fully saturated rings. The fourth-order valence-electron chi connectivity index (χ4n) is 2.72. The van der Waals surface area contributed by atoms with E-state index in [1.165, 1.54) is 4.90 Å². The van der Waals surface area contributed by atoms with Crippen molar-refractivity contribution in [2.45, 2.75) is 58.2 Å². The molecule has 1 N–H and O–H groups in total. The normalized spacial score (nSPS) is 19.0. The molecule has 132 valence electrons. The lowest BCUT2D eigenvalue weighted by Gasteiger charge is -2.28. The number of nitrogens with zero attached hydrogens (tertiary/aromatic N) is 1. The fraction of sp³-hybridized carbons (Fsp3) is 0.556. The maximum absolute atomic E-state index is 12.6. The maximum atomic E-state index is 12.6. The number of rotatable bonds is 3. The van der Waals surface area contributed by atoms with E-state index in [1.807, 2.05) is 39.8 Å². The molecule has 24 heavy (non-hydrogen) atoms. The van der Waals surface area contributed by atoms with Gasteiger partial charge in [-0.05, 0) is 58.2 Å². The molecule has 2 atom stereocenters. The van der Waals surface area contributed by atoms with Crippen LogP contribution in [0.2, 0.25) is 5.02 Å². The zero-order valence-corrected chi connectivity index (χ0v) is 15.4. The van der Waals surface area contributed by atoms with Gasteiger partial charge >= 0.3 is 6.09 Å². The second-order valence-corrected chi connectivity index (χ2v) is 7.55. The number of carbonyl (C=O) groups excluding carboxylic acids is 2. The van der Waals surface area contributed by atoms with Crippen molar-refractivity contribution in [1.82, 2.24) is 10.2 Å². The molecule has 1 saturated heterocycles. The average Bonchev–Trinajstić information content (AvgIpc) is 2.95. The smallest absolute Gasteiger partial charge is 0.410 e. The van der Waals surface area contributed by atoms with Crippen molar-refractivity contribution in [3.8, 4) is 0 Å². The van der Waals surface area contributed by atoms with Crippen molar-refractivity contribution in [3.63, 3.8) is 0 Å². The molecular weight excluding hydrogens is 328 g/mol. The van der Waals surface area contributed by atoms with Crippen LogP contribution in [0.3, 0.4) is 0 Å². The van der Waals surface area contributed by atoms with Crippen LogP contribution in [-0.4, -0.2) is 35.1 Å². The topological polar surface area (TPSA) is 58.6 Å². The molecule has 1 heterocycles. The number of likely N-dealkylation sites (tertiary alicyclic amines) is 1. The summed E-state index contributed by atoms with van der Waals surface area (Å²) in [5.74, 6) is -0.152. The molecular formula is C18H25ClN2O3. The van der Waals surface area contributed by atoms with Crippen molar-refractivity contribution in [2.24, 2.45) is 0 Å². The van der Waals surface area contributed by atoms with E-state index in [0.29, 0.717) is 18.0 Å². The van der Waals surface area contributed by atoms with Gasteiger partial charge < -0.3 is 10.1 Å². The second kappa shape index (κ2) is 7.43. The molecule has 1 aromatic rings. The summed E-state index contributed by atoms with van der Waals surface area (Å²) >= 11 is 5.89. The average molecular weight is 353 g/mol. The van der Waals surface area contributed by atoms with E-state index in [-0.39, 0.29) is 11.9 Å². The van der Waals surface area contributed by atoms with Gasteiger partial charge in [0.05, 0.1) is 6.04 Å². The van der Waals surface area contributed by atoms with E-state index in [1.54, 1.807) is 12.1 Å². The lowest BCUT2D eigenvalue weighted by Crippen LogP contribution is -2.48. The number of benzene rings is 1. The van der Waals surface area contributed by atoms with Crippen molar-refractivity contribution < 1.29 is 14.3 Å². The molecule has 1 aromatic carbocycles. The first-order valence-corrected chi connectivity index (χ1v) is 8.60. The van der Waals surface area contributed by atoms with Crippen molar-refractivity contribution in [2.75, 3.05) is 6.54 Å². The zero-order chi connectivity index (χ0) is 17.9. The minimum Gasteiger partial charge on any atom is -0.444 e. The number of hydrogen-bond acceptors (Lipinski definition) is 3. The van der Waals surface area contributed by atoms with Gasteiger partial charge in [-0.25, -0.2) is 4.79 Å². The molecule has 6 heteroatoms. The highest BCUT2D eigenvalue weighted by Gasteiger charge is 2.36. The third kappa shape index (κ3) is 4.87. The summed E-state index contributed by atoms with van der Waals surface area (Å²) in [6, 6.07) is 6.72. The molecule has 0 radical (unpaired) electrons. The molecule has 0 aliphatic carbocycles. The standard InChI is InChI=1S/C18H25ClN2O3/c1-12(13-7-9-14(19)10-8-13)20-16(22)15-6-5-11-21(15)17(23)24-18(2,3)4/h7-10,12,15H,5-6,11H2,1-4H3,(H,20,22). The van der Waals surface area contributed by atoms with Gasteiger partial charge in [-0.15, -0.1) is 0 Å². The summed E-state index contributed by atoms with van der Waals surface area (Å²) in [5, 5.41) is 3.63. The molecule has 0 bridgehead atoms. The molecule has 0 aromatic heterocycles.